The average Bonchev–Trinajstić information content (AvgIpc) is 3.58. The second-order valence-corrected chi connectivity index (χ2v) is 10.1. The van der Waals surface area contributed by atoms with Crippen molar-refractivity contribution in [2.45, 2.75) is 21.6 Å². The maximum atomic E-state index is 7.00. The number of fused-ring (bicyclic) bond motifs is 2. The van der Waals surface area contributed by atoms with Gasteiger partial charge in [0.15, 0.2) is 0 Å². The molecule has 2 unspecified atom stereocenters. The van der Waals surface area contributed by atoms with Crippen LogP contribution in [0, 0.1) is 12.2 Å². The van der Waals surface area contributed by atoms with Gasteiger partial charge < -0.3 is 10.2 Å². The molecule has 2 heterocycles. The summed E-state index contributed by atoms with van der Waals surface area (Å²) < 4.78 is 1.17. The molecule has 2 aliphatic heterocycles. The smallest absolute Gasteiger partial charge is 0.400 e. The first-order chi connectivity index (χ1) is 17.8. The number of benzene rings is 4. The Bertz CT molecular complexity index is 1380. The van der Waals surface area contributed by atoms with Crippen LogP contribution in [-0.2, 0) is 26.2 Å². The Kier molecular flexibility index (Phi) is 11.4. The van der Waals surface area contributed by atoms with E-state index < -0.39 is 0 Å². The van der Waals surface area contributed by atoms with E-state index in [9.17, 15) is 0 Å². The fraction of sp³-hybridized carbons (Fsp3) is 0.125. The summed E-state index contributed by atoms with van der Waals surface area (Å²) in [4.78, 5) is 2.64. The van der Waals surface area contributed by atoms with Crippen LogP contribution in [0.3, 0.4) is 0 Å². The second kappa shape index (κ2) is 14.2. The molecule has 2 nitrogen and oxygen atoms in total. The molecule has 2 N–H and O–H groups in total. The molecular formula is C32H27BrO2SZr. The van der Waals surface area contributed by atoms with Gasteiger partial charge in [-0.15, -0.1) is 23.3 Å². The van der Waals surface area contributed by atoms with Crippen LogP contribution in [0.15, 0.2) is 105 Å². The average molecular weight is 647 g/mol. The van der Waals surface area contributed by atoms with E-state index in [-0.39, 0.29) is 32.1 Å². The van der Waals surface area contributed by atoms with E-state index in [0.29, 0.717) is 5.92 Å². The van der Waals surface area contributed by atoms with Crippen molar-refractivity contribution < 1.29 is 36.4 Å². The van der Waals surface area contributed by atoms with E-state index in [1.54, 1.807) is 0 Å². The quantitative estimate of drug-likeness (QED) is 0.208. The van der Waals surface area contributed by atoms with Crippen LogP contribution in [0.5, 0.6) is 0 Å². The standard InChI is InChI=1S/C15H10Br.C15H9S.2CH4O.Zr/c16-14-8-4-7-12-9-10-13(15(12)14)11-5-2-1-3-6-11;1-2-10-8-12(3-1)16-13-5-7-15-11(9-13)4-6-14(10)15;2*1-2;/h1-9,13H;1-5,7-9,14H;2*2H,1H3;/q2*-1;;;+2. The van der Waals surface area contributed by atoms with Crippen LogP contribution in [0.25, 0.3) is 12.2 Å². The van der Waals surface area contributed by atoms with E-state index in [2.05, 4.69) is 125 Å². The van der Waals surface area contributed by atoms with E-state index in [4.69, 9.17) is 10.2 Å². The third-order valence-electron chi connectivity index (χ3n) is 6.12. The van der Waals surface area contributed by atoms with Gasteiger partial charge in [0.2, 0.25) is 0 Å². The molecule has 5 heteroatoms. The minimum absolute atomic E-state index is 0. The van der Waals surface area contributed by atoms with E-state index >= 15 is 0 Å². The SMILES string of the molecule is Brc1cccc2c1C(c1ccccc1)[C-]=C2.CO.CO.[C-]1=Cc2cc3ccc2C1c1cccc(c1)S3.[Zr+2]. The summed E-state index contributed by atoms with van der Waals surface area (Å²) in [5.74, 6) is 0.606. The van der Waals surface area contributed by atoms with Gasteiger partial charge in [0, 0.05) is 23.6 Å². The van der Waals surface area contributed by atoms with Crippen molar-refractivity contribution >= 4 is 39.8 Å². The number of rotatable bonds is 1. The van der Waals surface area contributed by atoms with Crippen molar-refractivity contribution in [2.24, 2.45) is 0 Å². The number of allylic oxidation sites excluding steroid dienone is 2. The van der Waals surface area contributed by atoms with Crippen LogP contribution < -0.4 is 0 Å². The van der Waals surface area contributed by atoms with Gasteiger partial charge in [-0.3, -0.25) is 12.2 Å². The first-order valence-corrected chi connectivity index (χ1v) is 13.2. The van der Waals surface area contributed by atoms with Gasteiger partial charge in [0.25, 0.3) is 0 Å². The Morgan fingerprint density at radius 3 is 2.08 bits per heavy atom. The first-order valence-electron chi connectivity index (χ1n) is 11.6. The Morgan fingerprint density at radius 1 is 0.649 bits per heavy atom. The fourth-order valence-corrected chi connectivity index (χ4v) is 6.13. The number of hydrogen-bond acceptors (Lipinski definition) is 3. The van der Waals surface area contributed by atoms with Crippen molar-refractivity contribution in [3.63, 3.8) is 0 Å². The van der Waals surface area contributed by atoms with Crippen molar-refractivity contribution in [3.8, 4) is 0 Å². The van der Waals surface area contributed by atoms with E-state index in [1.807, 2.05) is 17.8 Å². The molecule has 0 spiro atoms. The maximum absolute atomic E-state index is 7.00. The molecule has 0 saturated heterocycles. The van der Waals surface area contributed by atoms with Crippen LogP contribution in [0.4, 0.5) is 0 Å². The summed E-state index contributed by atoms with van der Waals surface area (Å²) in [5, 5.41) is 14.0. The Labute approximate surface area is 251 Å². The molecule has 0 aromatic heterocycles. The molecular weight excluding hydrogens is 620 g/mol. The van der Waals surface area contributed by atoms with Crippen molar-refractivity contribution in [2.75, 3.05) is 14.2 Å². The molecule has 4 aromatic carbocycles. The minimum atomic E-state index is 0. The number of halogens is 1. The summed E-state index contributed by atoms with van der Waals surface area (Å²) in [6, 6.07) is 32.3. The molecule has 2 aliphatic carbocycles. The minimum Gasteiger partial charge on any atom is -0.400 e. The van der Waals surface area contributed by atoms with Gasteiger partial charge in [0.05, 0.1) is 0 Å². The fourth-order valence-electron chi connectivity index (χ4n) is 4.59. The van der Waals surface area contributed by atoms with Gasteiger partial charge >= 0.3 is 26.2 Å². The van der Waals surface area contributed by atoms with Gasteiger partial charge in [-0.25, -0.2) is 12.2 Å². The summed E-state index contributed by atoms with van der Waals surface area (Å²) in [6.07, 6.45) is 11.1. The number of aliphatic hydroxyl groups excluding tert-OH is 2. The second-order valence-electron chi connectivity index (χ2n) is 8.11. The summed E-state index contributed by atoms with van der Waals surface area (Å²) in [7, 11) is 2.00. The zero-order valence-electron chi connectivity index (χ0n) is 20.7. The molecule has 4 aromatic rings. The van der Waals surface area contributed by atoms with Crippen LogP contribution >= 0.6 is 27.7 Å². The van der Waals surface area contributed by atoms with Crippen molar-refractivity contribution in [1.82, 2.24) is 0 Å². The zero-order valence-corrected chi connectivity index (χ0v) is 25.5. The first kappa shape index (κ1) is 29.5. The van der Waals surface area contributed by atoms with Gasteiger partial charge in [-0.1, -0.05) is 117 Å². The molecule has 0 fully saturated rings. The molecule has 6 bridgehead atoms. The van der Waals surface area contributed by atoms with Crippen LogP contribution in [0.1, 0.15) is 45.2 Å². The Morgan fingerprint density at radius 2 is 1.30 bits per heavy atom. The monoisotopic (exact) mass is 644 g/mol. The third-order valence-corrected chi connectivity index (χ3v) is 7.79. The predicted octanol–water partition coefficient (Wildman–Crippen LogP) is 7.74. The normalized spacial score (nSPS) is 16.2. The van der Waals surface area contributed by atoms with Gasteiger partial charge in [-0.2, -0.15) is 11.1 Å². The van der Waals surface area contributed by atoms with Gasteiger partial charge in [-0.05, 0) is 17.0 Å². The summed E-state index contributed by atoms with van der Waals surface area (Å²) in [6.45, 7) is 0. The maximum Gasteiger partial charge on any atom is 2.00 e. The Balaban J connectivity index is 0.000000177. The summed E-state index contributed by atoms with van der Waals surface area (Å²) in [5.41, 5.74) is 7.97. The number of aliphatic hydroxyl groups is 2. The molecule has 0 saturated carbocycles. The predicted molar refractivity (Wildman–Crippen MR) is 153 cm³/mol. The molecule has 37 heavy (non-hydrogen) atoms. The topological polar surface area (TPSA) is 40.5 Å². The third kappa shape index (κ3) is 6.53. The van der Waals surface area contributed by atoms with Crippen molar-refractivity contribution in [1.29, 1.82) is 0 Å². The molecule has 8 rings (SSSR count). The molecule has 0 radical (unpaired) electrons. The summed E-state index contributed by atoms with van der Waals surface area (Å²) >= 11 is 5.46. The molecule has 0 amide bonds. The van der Waals surface area contributed by atoms with Gasteiger partial charge in [0.1, 0.15) is 0 Å². The molecule has 2 atom stereocenters. The van der Waals surface area contributed by atoms with Crippen LogP contribution in [-0.4, -0.2) is 24.4 Å². The molecule has 4 aliphatic rings. The Hall–Kier alpha value is -2.01. The largest absolute Gasteiger partial charge is 2.00 e. The molecule has 184 valence electrons. The zero-order chi connectivity index (χ0) is 25.5. The van der Waals surface area contributed by atoms with E-state index in [1.165, 1.54) is 47.6 Å². The van der Waals surface area contributed by atoms with E-state index in [0.717, 1.165) is 14.2 Å². The van der Waals surface area contributed by atoms with Crippen molar-refractivity contribution in [3.05, 3.63) is 141 Å². The number of hydrogen-bond donors (Lipinski definition) is 2. The van der Waals surface area contributed by atoms with Crippen LogP contribution in [0.2, 0.25) is 0 Å².